The number of aromatic nitrogens is 2. The van der Waals surface area contributed by atoms with Gasteiger partial charge in [-0.15, -0.1) is 0 Å². The Morgan fingerprint density at radius 3 is 2.24 bits per heavy atom. The summed E-state index contributed by atoms with van der Waals surface area (Å²) in [5.74, 6) is 1.31. The van der Waals surface area contributed by atoms with Crippen LogP contribution in [0.2, 0.25) is 0 Å². The summed E-state index contributed by atoms with van der Waals surface area (Å²) >= 11 is 0. The van der Waals surface area contributed by atoms with Crippen molar-refractivity contribution in [1.82, 2.24) is 9.97 Å². The van der Waals surface area contributed by atoms with Gasteiger partial charge in [0, 0.05) is 13.1 Å². The summed E-state index contributed by atoms with van der Waals surface area (Å²) in [6, 6.07) is 18.7. The number of benzene rings is 2. The molecule has 25 heavy (non-hydrogen) atoms. The highest BCUT2D eigenvalue weighted by molar-refractivity contribution is 5.74. The Morgan fingerprint density at radius 2 is 1.52 bits per heavy atom. The van der Waals surface area contributed by atoms with Gasteiger partial charge in [0.05, 0.1) is 0 Å². The fraction of sp³-hybridized carbons (Fsp3) is 0.200. The molecule has 0 bridgehead atoms. The van der Waals surface area contributed by atoms with Crippen molar-refractivity contribution in [2.24, 2.45) is 0 Å². The molecule has 0 fully saturated rings. The minimum Gasteiger partial charge on any atom is -0.393 e. The van der Waals surface area contributed by atoms with Crippen molar-refractivity contribution >= 4 is 17.3 Å². The highest BCUT2D eigenvalue weighted by atomic mass is 15.1. The number of hydrogen-bond acceptors (Lipinski definition) is 5. The highest BCUT2D eigenvalue weighted by Gasteiger charge is 2.07. The van der Waals surface area contributed by atoms with E-state index in [9.17, 15) is 0 Å². The molecule has 5 heteroatoms. The van der Waals surface area contributed by atoms with Crippen LogP contribution >= 0.6 is 0 Å². The number of aryl methyl sites for hydroxylation is 1. The zero-order valence-electron chi connectivity index (χ0n) is 14.4. The molecule has 4 N–H and O–H groups in total. The first-order valence-electron chi connectivity index (χ1n) is 8.40. The number of anilines is 3. The Balaban J connectivity index is 1.58. The molecule has 0 radical (unpaired) electrons. The van der Waals surface area contributed by atoms with E-state index in [1.54, 1.807) is 0 Å². The van der Waals surface area contributed by atoms with Gasteiger partial charge < -0.3 is 16.4 Å². The van der Waals surface area contributed by atoms with Gasteiger partial charge in [0.1, 0.15) is 12.0 Å². The quantitative estimate of drug-likeness (QED) is 0.615. The molecule has 0 amide bonds. The summed E-state index contributed by atoms with van der Waals surface area (Å²) in [5.41, 5.74) is 10.5. The normalized spacial score (nSPS) is 10.4. The second-order valence-electron chi connectivity index (χ2n) is 5.99. The molecule has 0 aliphatic carbocycles. The maximum atomic E-state index is 6.20. The van der Waals surface area contributed by atoms with E-state index in [1.165, 1.54) is 23.0 Å². The Labute approximate surface area is 148 Å². The number of hydrogen-bond donors (Lipinski definition) is 3. The third-order valence-electron chi connectivity index (χ3n) is 4.01. The number of nitrogens with one attached hydrogen (secondary N) is 2. The molecule has 0 unspecified atom stereocenters. The van der Waals surface area contributed by atoms with Crippen LogP contribution in [0.4, 0.5) is 17.3 Å². The van der Waals surface area contributed by atoms with Gasteiger partial charge in [-0.25, -0.2) is 9.97 Å². The van der Waals surface area contributed by atoms with Crippen molar-refractivity contribution in [1.29, 1.82) is 0 Å². The summed E-state index contributed by atoms with van der Waals surface area (Å²) in [4.78, 5) is 8.50. The Morgan fingerprint density at radius 1 is 0.840 bits per heavy atom. The van der Waals surface area contributed by atoms with Gasteiger partial charge in [-0.2, -0.15) is 0 Å². The van der Waals surface area contributed by atoms with Gasteiger partial charge in [0.2, 0.25) is 0 Å². The van der Waals surface area contributed by atoms with E-state index in [4.69, 9.17) is 5.73 Å². The van der Waals surface area contributed by atoms with Crippen LogP contribution in [-0.4, -0.2) is 16.5 Å². The van der Waals surface area contributed by atoms with Crippen LogP contribution in [0.1, 0.15) is 16.7 Å². The monoisotopic (exact) mass is 333 g/mol. The fourth-order valence-electron chi connectivity index (χ4n) is 2.54. The van der Waals surface area contributed by atoms with E-state index in [2.05, 4.69) is 63.9 Å². The van der Waals surface area contributed by atoms with Crippen molar-refractivity contribution in [3.63, 3.8) is 0 Å². The number of nitrogens with zero attached hydrogens (tertiary/aromatic N) is 2. The summed E-state index contributed by atoms with van der Waals surface area (Å²) in [6.07, 6.45) is 2.44. The minimum atomic E-state index is 0.544. The molecule has 1 aromatic heterocycles. The van der Waals surface area contributed by atoms with E-state index in [0.29, 0.717) is 23.9 Å². The SMILES string of the molecule is Cc1ccc(CNc2ncnc(NCCc3ccccc3)c2N)cc1. The molecular formula is C20H23N5. The minimum absolute atomic E-state index is 0.544. The Kier molecular flexibility index (Phi) is 5.46. The number of rotatable bonds is 7. The number of nitrogens with two attached hydrogens (primary N) is 1. The van der Waals surface area contributed by atoms with Crippen LogP contribution in [0, 0.1) is 6.92 Å². The zero-order chi connectivity index (χ0) is 17.5. The van der Waals surface area contributed by atoms with Crippen molar-refractivity contribution in [2.45, 2.75) is 19.9 Å². The van der Waals surface area contributed by atoms with Gasteiger partial charge in [-0.1, -0.05) is 60.2 Å². The second kappa shape index (κ2) is 8.15. The third kappa shape index (κ3) is 4.70. The van der Waals surface area contributed by atoms with E-state index >= 15 is 0 Å². The first-order chi connectivity index (χ1) is 12.2. The molecule has 0 saturated heterocycles. The molecule has 128 valence electrons. The molecule has 0 aliphatic heterocycles. The average Bonchev–Trinajstić information content (AvgIpc) is 2.64. The molecule has 0 saturated carbocycles. The lowest BCUT2D eigenvalue weighted by Gasteiger charge is -2.12. The maximum absolute atomic E-state index is 6.20. The van der Waals surface area contributed by atoms with E-state index in [0.717, 1.165) is 13.0 Å². The predicted octanol–water partition coefficient (Wildman–Crippen LogP) is 3.63. The molecule has 0 atom stereocenters. The molecule has 3 rings (SSSR count). The highest BCUT2D eigenvalue weighted by Crippen LogP contribution is 2.23. The molecule has 0 spiro atoms. The first-order valence-corrected chi connectivity index (χ1v) is 8.40. The fourth-order valence-corrected chi connectivity index (χ4v) is 2.54. The lowest BCUT2D eigenvalue weighted by Crippen LogP contribution is -2.11. The summed E-state index contributed by atoms with van der Waals surface area (Å²) in [5, 5.41) is 6.57. The average molecular weight is 333 g/mol. The van der Waals surface area contributed by atoms with Crippen LogP contribution in [0.3, 0.4) is 0 Å². The first kappa shape index (κ1) is 16.8. The lowest BCUT2D eigenvalue weighted by atomic mass is 10.1. The van der Waals surface area contributed by atoms with Crippen LogP contribution in [0.5, 0.6) is 0 Å². The van der Waals surface area contributed by atoms with Crippen molar-refractivity contribution in [3.05, 3.63) is 77.6 Å². The van der Waals surface area contributed by atoms with Crippen LogP contribution in [-0.2, 0) is 13.0 Å². The molecule has 1 heterocycles. The van der Waals surface area contributed by atoms with Crippen LogP contribution in [0.25, 0.3) is 0 Å². The molecule has 2 aromatic carbocycles. The lowest BCUT2D eigenvalue weighted by molar-refractivity contribution is 0.998. The van der Waals surface area contributed by atoms with Gasteiger partial charge in [-0.3, -0.25) is 0 Å². The maximum Gasteiger partial charge on any atom is 0.155 e. The largest absolute Gasteiger partial charge is 0.393 e. The van der Waals surface area contributed by atoms with Crippen LogP contribution < -0.4 is 16.4 Å². The van der Waals surface area contributed by atoms with E-state index in [1.807, 2.05) is 18.2 Å². The van der Waals surface area contributed by atoms with Gasteiger partial charge in [0.25, 0.3) is 0 Å². The zero-order valence-corrected chi connectivity index (χ0v) is 14.4. The topological polar surface area (TPSA) is 75.9 Å². The summed E-state index contributed by atoms with van der Waals surface area (Å²) in [7, 11) is 0. The molecular weight excluding hydrogens is 310 g/mol. The second-order valence-corrected chi connectivity index (χ2v) is 5.99. The smallest absolute Gasteiger partial charge is 0.155 e. The third-order valence-corrected chi connectivity index (χ3v) is 4.01. The Hall–Kier alpha value is -3.08. The summed E-state index contributed by atoms with van der Waals surface area (Å²) < 4.78 is 0. The van der Waals surface area contributed by atoms with Gasteiger partial charge >= 0.3 is 0 Å². The van der Waals surface area contributed by atoms with E-state index < -0.39 is 0 Å². The van der Waals surface area contributed by atoms with Crippen LogP contribution in [0.15, 0.2) is 60.9 Å². The van der Waals surface area contributed by atoms with Crippen molar-refractivity contribution in [3.8, 4) is 0 Å². The van der Waals surface area contributed by atoms with Gasteiger partial charge in [-0.05, 0) is 24.5 Å². The van der Waals surface area contributed by atoms with E-state index in [-0.39, 0.29) is 0 Å². The molecule has 5 nitrogen and oxygen atoms in total. The standard InChI is InChI=1S/C20H23N5/c1-15-7-9-17(10-8-15)13-23-20-18(21)19(24-14-25-20)22-12-11-16-5-3-2-4-6-16/h2-10,14H,11-13,21H2,1H3,(H2,22,23,24,25). The number of nitrogen functional groups attached to an aromatic ring is 1. The van der Waals surface area contributed by atoms with Crippen molar-refractivity contribution < 1.29 is 0 Å². The summed E-state index contributed by atoms with van der Waals surface area (Å²) in [6.45, 7) is 3.51. The molecule has 0 aliphatic rings. The van der Waals surface area contributed by atoms with Gasteiger partial charge in [0.15, 0.2) is 11.6 Å². The molecule has 3 aromatic rings. The predicted molar refractivity (Wildman–Crippen MR) is 104 cm³/mol. The van der Waals surface area contributed by atoms with Crippen molar-refractivity contribution in [2.75, 3.05) is 22.9 Å². The Bertz CT molecular complexity index is 800.